The molecule has 1 aliphatic rings. The molecule has 0 spiro atoms. The molecule has 0 atom stereocenters. The van der Waals surface area contributed by atoms with E-state index in [9.17, 15) is 9.59 Å². The molecule has 1 saturated heterocycles. The van der Waals surface area contributed by atoms with E-state index in [0.717, 1.165) is 18.7 Å². The van der Waals surface area contributed by atoms with E-state index in [0.29, 0.717) is 12.2 Å². The minimum atomic E-state index is -0.345. The van der Waals surface area contributed by atoms with Crippen LogP contribution in [0.4, 0.5) is 5.69 Å². The minimum absolute atomic E-state index is 0.0798. The second-order valence-electron chi connectivity index (χ2n) is 7.28. The highest BCUT2D eigenvalue weighted by Gasteiger charge is 2.18. The molecule has 1 amide bonds. The Kier molecular flexibility index (Phi) is 5.10. The van der Waals surface area contributed by atoms with Crippen LogP contribution < -0.4 is 10.5 Å². The van der Waals surface area contributed by atoms with Gasteiger partial charge in [-0.15, -0.1) is 0 Å². The molecule has 1 fully saturated rings. The Labute approximate surface area is 164 Å². The molecular formula is C22H24N4O2. The van der Waals surface area contributed by atoms with E-state index >= 15 is 0 Å². The number of rotatable bonds is 4. The quantitative estimate of drug-likeness (QED) is 0.702. The van der Waals surface area contributed by atoms with Crippen LogP contribution in [0.5, 0.6) is 0 Å². The third-order valence-corrected chi connectivity index (χ3v) is 5.27. The van der Waals surface area contributed by atoms with Gasteiger partial charge in [-0.1, -0.05) is 18.2 Å². The second-order valence-corrected chi connectivity index (χ2v) is 7.28. The maximum Gasteiger partial charge on any atom is 0.270 e. The van der Waals surface area contributed by atoms with Crippen molar-refractivity contribution in [1.29, 1.82) is 0 Å². The van der Waals surface area contributed by atoms with Crippen LogP contribution in [-0.2, 0) is 6.54 Å². The Morgan fingerprint density at radius 3 is 2.57 bits per heavy atom. The van der Waals surface area contributed by atoms with Crippen molar-refractivity contribution in [3.63, 3.8) is 0 Å². The number of hydrogen-bond acceptors (Lipinski definition) is 4. The first-order chi connectivity index (χ1) is 13.6. The van der Waals surface area contributed by atoms with Gasteiger partial charge < -0.3 is 9.80 Å². The number of fused-ring (bicyclic) bond motifs is 1. The van der Waals surface area contributed by atoms with E-state index in [1.165, 1.54) is 35.5 Å². The Morgan fingerprint density at radius 2 is 1.82 bits per heavy atom. The average Bonchev–Trinajstić information content (AvgIpc) is 2.75. The summed E-state index contributed by atoms with van der Waals surface area (Å²) in [5.41, 5.74) is 2.53. The Bertz CT molecular complexity index is 1040. The summed E-state index contributed by atoms with van der Waals surface area (Å²) in [6.07, 6.45) is 6.80. The van der Waals surface area contributed by atoms with E-state index in [2.05, 4.69) is 34.1 Å². The molecule has 4 rings (SSSR count). The summed E-state index contributed by atoms with van der Waals surface area (Å²) >= 11 is 0. The van der Waals surface area contributed by atoms with E-state index in [1.54, 1.807) is 30.3 Å². The van der Waals surface area contributed by atoms with Crippen LogP contribution >= 0.6 is 0 Å². The molecule has 1 aromatic carbocycles. The largest absolute Gasteiger partial charge is 0.372 e. The molecule has 0 aliphatic carbocycles. The van der Waals surface area contributed by atoms with Crippen LogP contribution in [0.15, 0.2) is 59.7 Å². The van der Waals surface area contributed by atoms with Crippen molar-refractivity contribution < 1.29 is 4.79 Å². The van der Waals surface area contributed by atoms with Gasteiger partial charge >= 0.3 is 0 Å². The number of anilines is 1. The SMILES string of the molecule is CN(Cc1ccc(N2CCCCC2)cc1)C(=O)c1cnc2ccccn2c1=O. The summed E-state index contributed by atoms with van der Waals surface area (Å²) in [6, 6.07) is 13.6. The predicted octanol–water partition coefficient (Wildman–Crippen LogP) is 2.96. The number of benzene rings is 1. The molecule has 0 bridgehead atoms. The van der Waals surface area contributed by atoms with Gasteiger partial charge in [0.15, 0.2) is 0 Å². The number of nitrogens with zero attached hydrogens (tertiary/aromatic N) is 4. The Balaban J connectivity index is 1.49. The normalized spacial score (nSPS) is 14.2. The van der Waals surface area contributed by atoms with E-state index in [-0.39, 0.29) is 17.0 Å². The summed E-state index contributed by atoms with van der Waals surface area (Å²) < 4.78 is 1.40. The lowest BCUT2D eigenvalue weighted by Crippen LogP contribution is -2.33. The molecule has 144 valence electrons. The number of amides is 1. The van der Waals surface area contributed by atoms with Crippen LogP contribution in [0.25, 0.3) is 5.65 Å². The third kappa shape index (κ3) is 3.63. The fourth-order valence-electron chi connectivity index (χ4n) is 3.69. The molecule has 2 aromatic heterocycles. The van der Waals surface area contributed by atoms with Gasteiger partial charge in [0.1, 0.15) is 11.2 Å². The van der Waals surface area contributed by atoms with Crippen molar-refractivity contribution in [1.82, 2.24) is 14.3 Å². The highest BCUT2D eigenvalue weighted by atomic mass is 16.2. The monoisotopic (exact) mass is 376 g/mol. The molecular weight excluding hydrogens is 352 g/mol. The van der Waals surface area contributed by atoms with Gasteiger partial charge in [0.05, 0.1) is 0 Å². The van der Waals surface area contributed by atoms with E-state index in [1.807, 2.05) is 6.07 Å². The Hall–Kier alpha value is -3.15. The van der Waals surface area contributed by atoms with Crippen LogP contribution in [-0.4, -0.2) is 40.3 Å². The molecule has 28 heavy (non-hydrogen) atoms. The number of pyridine rings is 1. The number of piperidine rings is 1. The highest BCUT2D eigenvalue weighted by Crippen LogP contribution is 2.20. The first-order valence-corrected chi connectivity index (χ1v) is 9.69. The number of hydrogen-bond donors (Lipinski definition) is 0. The van der Waals surface area contributed by atoms with Gasteiger partial charge in [0, 0.05) is 44.8 Å². The maximum atomic E-state index is 12.8. The lowest BCUT2D eigenvalue weighted by atomic mass is 10.1. The zero-order chi connectivity index (χ0) is 19.5. The summed E-state index contributed by atoms with van der Waals surface area (Å²) in [5.74, 6) is -0.323. The predicted molar refractivity (Wildman–Crippen MR) is 110 cm³/mol. The van der Waals surface area contributed by atoms with Gasteiger partial charge in [-0.3, -0.25) is 14.0 Å². The van der Waals surface area contributed by atoms with Gasteiger partial charge in [-0.2, -0.15) is 0 Å². The van der Waals surface area contributed by atoms with Crippen molar-refractivity contribution in [2.45, 2.75) is 25.8 Å². The summed E-state index contributed by atoms with van der Waals surface area (Å²) in [4.78, 5) is 33.6. The first kappa shape index (κ1) is 18.2. The fraction of sp³-hybridized carbons (Fsp3) is 0.318. The minimum Gasteiger partial charge on any atom is -0.372 e. The highest BCUT2D eigenvalue weighted by molar-refractivity contribution is 5.93. The van der Waals surface area contributed by atoms with Crippen LogP contribution in [0.2, 0.25) is 0 Å². The van der Waals surface area contributed by atoms with Crippen LogP contribution in [0.3, 0.4) is 0 Å². The van der Waals surface area contributed by atoms with Gasteiger partial charge in [0.25, 0.3) is 11.5 Å². The number of aromatic nitrogens is 2. The van der Waals surface area contributed by atoms with Crippen molar-refractivity contribution in [2.75, 3.05) is 25.0 Å². The van der Waals surface area contributed by atoms with Gasteiger partial charge in [-0.25, -0.2) is 4.98 Å². The van der Waals surface area contributed by atoms with Crippen molar-refractivity contribution >= 4 is 17.2 Å². The van der Waals surface area contributed by atoms with Crippen molar-refractivity contribution in [3.05, 3.63) is 76.3 Å². The molecule has 0 N–H and O–H groups in total. The molecule has 3 aromatic rings. The molecule has 1 aliphatic heterocycles. The van der Waals surface area contributed by atoms with E-state index in [4.69, 9.17) is 0 Å². The fourth-order valence-corrected chi connectivity index (χ4v) is 3.69. The number of carbonyl (C=O) groups excluding carboxylic acids is 1. The standard InChI is InChI=1S/C22H24N4O2/c1-24(16-17-8-10-18(11-9-17)25-12-4-2-5-13-25)21(27)19-15-23-20-7-3-6-14-26(20)22(19)28/h3,6-11,14-15H,2,4-5,12-13,16H2,1H3. The van der Waals surface area contributed by atoms with Crippen molar-refractivity contribution in [3.8, 4) is 0 Å². The number of carbonyl (C=O) groups is 1. The molecule has 0 saturated carbocycles. The van der Waals surface area contributed by atoms with Gasteiger partial charge in [0.2, 0.25) is 0 Å². The third-order valence-electron chi connectivity index (χ3n) is 5.27. The first-order valence-electron chi connectivity index (χ1n) is 9.69. The average molecular weight is 376 g/mol. The second kappa shape index (κ2) is 7.84. The summed E-state index contributed by atoms with van der Waals surface area (Å²) in [5, 5.41) is 0. The zero-order valence-corrected chi connectivity index (χ0v) is 16.0. The van der Waals surface area contributed by atoms with Crippen LogP contribution in [0, 0.1) is 0 Å². The molecule has 0 radical (unpaired) electrons. The zero-order valence-electron chi connectivity index (χ0n) is 16.0. The molecule has 0 unspecified atom stereocenters. The molecule has 6 heteroatoms. The maximum absolute atomic E-state index is 12.8. The molecule has 3 heterocycles. The van der Waals surface area contributed by atoms with Crippen LogP contribution in [0.1, 0.15) is 35.2 Å². The summed E-state index contributed by atoms with van der Waals surface area (Å²) in [6.45, 7) is 2.66. The molecule has 6 nitrogen and oxygen atoms in total. The van der Waals surface area contributed by atoms with Crippen molar-refractivity contribution in [2.24, 2.45) is 0 Å². The lowest BCUT2D eigenvalue weighted by Gasteiger charge is -2.29. The van der Waals surface area contributed by atoms with E-state index < -0.39 is 0 Å². The summed E-state index contributed by atoms with van der Waals surface area (Å²) in [7, 11) is 1.71. The lowest BCUT2D eigenvalue weighted by molar-refractivity contribution is 0.0782. The van der Waals surface area contributed by atoms with Gasteiger partial charge in [-0.05, 0) is 49.1 Å². The Morgan fingerprint density at radius 1 is 1.07 bits per heavy atom. The topological polar surface area (TPSA) is 57.9 Å². The smallest absolute Gasteiger partial charge is 0.270 e.